The van der Waals surface area contributed by atoms with Crippen LogP contribution in [-0.4, -0.2) is 88.1 Å². The molecule has 0 amide bonds. The average molecular weight is 561 g/mol. The first kappa shape index (κ1) is 31.0. The van der Waals surface area contributed by atoms with Crippen molar-refractivity contribution in [1.29, 1.82) is 0 Å². The summed E-state index contributed by atoms with van der Waals surface area (Å²) < 4.78 is 24.6. The van der Waals surface area contributed by atoms with Crippen molar-refractivity contribution in [3.63, 3.8) is 0 Å². The molecule has 1 saturated heterocycles. The van der Waals surface area contributed by atoms with E-state index in [4.69, 9.17) is 18.9 Å². The highest BCUT2D eigenvalue weighted by atomic mass is 16.7. The van der Waals surface area contributed by atoms with Crippen LogP contribution in [0.5, 0.6) is 0 Å². The number of aliphatic hydroxyl groups excluding tert-OH is 4. The van der Waals surface area contributed by atoms with Crippen LogP contribution in [-0.2, 0) is 23.7 Å². The van der Waals surface area contributed by atoms with Gasteiger partial charge in [-0.3, -0.25) is 4.79 Å². The highest BCUT2D eigenvalue weighted by Crippen LogP contribution is 2.43. The van der Waals surface area contributed by atoms with Gasteiger partial charge in [-0.15, -0.1) is 0 Å². The summed E-state index contributed by atoms with van der Waals surface area (Å²) in [7, 11) is 0. The van der Waals surface area contributed by atoms with Gasteiger partial charge in [0.2, 0.25) is 5.79 Å². The Morgan fingerprint density at radius 1 is 1.07 bits per heavy atom. The van der Waals surface area contributed by atoms with Crippen LogP contribution >= 0.6 is 0 Å². The molecule has 9 heteroatoms. The lowest BCUT2D eigenvalue weighted by atomic mass is 9.79. The van der Waals surface area contributed by atoms with Gasteiger partial charge in [-0.05, 0) is 83.3 Å². The zero-order valence-electron chi connectivity index (χ0n) is 24.1. The molecule has 40 heavy (non-hydrogen) atoms. The largest absolute Gasteiger partial charge is 0.394 e. The number of aliphatic hydroxyl groups is 4. The Bertz CT molecular complexity index is 1100. The fraction of sp³-hybridized carbons (Fsp3) is 0.645. The van der Waals surface area contributed by atoms with Crippen molar-refractivity contribution >= 4 is 5.78 Å². The van der Waals surface area contributed by atoms with Gasteiger partial charge in [0.1, 0.15) is 24.4 Å². The maximum atomic E-state index is 12.6. The van der Waals surface area contributed by atoms with Crippen molar-refractivity contribution < 1.29 is 44.2 Å². The Labute approximate surface area is 236 Å². The number of fused-ring (bicyclic) bond motifs is 1. The molecule has 4 rings (SSSR count). The minimum atomic E-state index is -1.54. The summed E-state index contributed by atoms with van der Waals surface area (Å²) in [5.74, 6) is -1.45. The monoisotopic (exact) mass is 560 g/mol. The minimum absolute atomic E-state index is 0.0172. The summed E-state index contributed by atoms with van der Waals surface area (Å²) in [6.45, 7) is 9.53. The number of ether oxygens (including phenoxy) is 4. The zero-order chi connectivity index (χ0) is 29.2. The number of ketones is 1. The summed E-state index contributed by atoms with van der Waals surface area (Å²) in [5.41, 5.74) is 5.02. The molecule has 9 atom stereocenters. The van der Waals surface area contributed by atoms with Crippen molar-refractivity contribution in [3.8, 4) is 0 Å². The van der Waals surface area contributed by atoms with Crippen molar-refractivity contribution in [3.05, 3.63) is 58.2 Å². The van der Waals surface area contributed by atoms with Gasteiger partial charge in [-0.25, -0.2) is 0 Å². The van der Waals surface area contributed by atoms with E-state index in [2.05, 4.69) is 32.9 Å². The lowest BCUT2D eigenvalue weighted by Gasteiger charge is -2.46. The molecule has 1 spiro atoms. The second-order valence-corrected chi connectivity index (χ2v) is 11.8. The zero-order valence-corrected chi connectivity index (χ0v) is 24.1. The number of allylic oxidation sites excluding steroid dienone is 4. The van der Waals surface area contributed by atoms with Crippen LogP contribution in [0.25, 0.3) is 0 Å². The van der Waals surface area contributed by atoms with Crippen LogP contribution in [0.1, 0.15) is 60.3 Å². The van der Waals surface area contributed by atoms with Crippen LogP contribution in [0.4, 0.5) is 0 Å². The topological polar surface area (TPSA) is 135 Å². The van der Waals surface area contributed by atoms with Gasteiger partial charge in [0.05, 0.1) is 25.4 Å². The first-order valence-corrected chi connectivity index (χ1v) is 14.1. The smallest absolute Gasteiger partial charge is 0.209 e. The molecule has 1 aliphatic carbocycles. The molecule has 3 aliphatic heterocycles. The molecule has 0 aromatic carbocycles. The molecule has 9 nitrogen and oxygen atoms in total. The average Bonchev–Trinajstić information content (AvgIpc) is 2.87. The Morgan fingerprint density at radius 2 is 1.82 bits per heavy atom. The van der Waals surface area contributed by atoms with Gasteiger partial charge in [-0.1, -0.05) is 28.9 Å². The third-order valence-corrected chi connectivity index (χ3v) is 7.97. The van der Waals surface area contributed by atoms with E-state index in [1.807, 2.05) is 25.2 Å². The number of rotatable bonds is 8. The SMILES string of the molecule is CC(C)=CCC/C(C)=C/[C@@H]1CC(C)=C[C@]2(C=C(COC3OC(CO)C(O)C(O)C3O)[C@H]3CC(=O)C(C)=C[C@H]3O2)O1. The first-order valence-electron chi connectivity index (χ1n) is 14.1. The summed E-state index contributed by atoms with van der Waals surface area (Å²) in [6.07, 6.45) is 5.36. The lowest BCUT2D eigenvalue weighted by molar-refractivity contribution is -0.300. The minimum Gasteiger partial charge on any atom is -0.394 e. The molecular formula is C31H44O9. The van der Waals surface area contributed by atoms with E-state index in [0.29, 0.717) is 5.57 Å². The van der Waals surface area contributed by atoms with Crippen LogP contribution < -0.4 is 0 Å². The number of Topliss-reactive ketones (excluding diaryl/α,β-unsaturated/α-hetero) is 1. The van der Waals surface area contributed by atoms with Crippen LogP contribution in [0.3, 0.4) is 0 Å². The van der Waals surface area contributed by atoms with E-state index >= 15 is 0 Å². The summed E-state index contributed by atoms with van der Waals surface area (Å²) in [5, 5.41) is 40.2. The van der Waals surface area contributed by atoms with Crippen molar-refractivity contribution in [1.82, 2.24) is 0 Å². The predicted octanol–water partition coefficient (Wildman–Crippen LogP) is 2.79. The van der Waals surface area contributed by atoms with Crippen molar-refractivity contribution in [2.24, 2.45) is 5.92 Å². The van der Waals surface area contributed by atoms with E-state index in [1.165, 1.54) is 11.1 Å². The highest BCUT2D eigenvalue weighted by molar-refractivity contribution is 5.96. The number of hydrogen-bond acceptors (Lipinski definition) is 9. The molecule has 4 N–H and O–H groups in total. The van der Waals surface area contributed by atoms with Gasteiger partial charge in [-0.2, -0.15) is 0 Å². The molecule has 5 unspecified atom stereocenters. The molecule has 4 aliphatic rings. The standard InChI is InChI=1S/C31H44O9/c1-17(2)7-6-8-18(3)9-22-10-19(4)13-31(39-22)14-21(23-12-24(33)20(5)11-25(23)40-31)16-37-30-29(36)28(35)27(34)26(15-32)38-30/h7,9,11,13-14,22-23,25-30,32,34-36H,6,8,10,12,15-16H2,1-5H3/b18-9+/t22-,23-,25-,26?,27?,28?,29?,30?,31+/m1/s1. The van der Waals surface area contributed by atoms with Gasteiger partial charge in [0.15, 0.2) is 12.1 Å². The Morgan fingerprint density at radius 3 is 2.52 bits per heavy atom. The van der Waals surface area contributed by atoms with Crippen LogP contribution in [0.2, 0.25) is 0 Å². The van der Waals surface area contributed by atoms with Crippen molar-refractivity contribution in [2.75, 3.05) is 13.2 Å². The quantitative estimate of drug-likeness (QED) is 0.331. The molecular weight excluding hydrogens is 516 g/mol. The van der Waals surface area contributed by atoms with E-state index in [1.54, 1.807) is 6.92 Å². The fourth-order valence-corrected chi connectivity index (χ4v) is 5.79. The van der Waals surface area contributed by atoms with E-state index in [-0.39, 0.29) is 30.8 Å². The Balaban J connectivity index is 1.59. The maximum Gasteiger partial charge on any atom is 0.209 e. The third kappa shape index (κ3) is 7.09. The Kier molecular flexibility index (Phi) is 10.0. The molecule has 0 saturated carbocycles. The van der Waals surface area contributed by atoms with Crippen molar-refractivity contribution in [2.45, 2.75) is 109 Å². The summed E-state index contributed by atoms with van der Waals surface area (Å²) in [6, 6.07) is 0. The first-order chi connectivity index (χ1) is 18.9. The molecule has 3 heterocycles. The second-order valence-electron chi connectivity index (χ2n) is 11.8. The van der Waals surface area contributed by atoms with Crippen LogP contribution in [0, 0.1) is 5.92 Å². The van der Waals surface area contributed by atoms with Gasteiger partial charge in [0.25, 0.3) is 0 Å². The highest BCUT2D eigenvalue weighted by Gasteiger charge is 2.47. The molecule has 0 aromatic rings. The fourth-order valence-electron chi connectivity index (χ4n) is 5.79. The maximum absolute atomic E-state index is 12.6. The van der Waals surface area contributed by atoms with Gasteiger partial charge in [0, 0.05) is 12.3 Å². The Hall–Kier alpha value is -1.95. The molecule has 0 aromatic heterocycles. The third-order valence-electron chi connectivity index (χ3n) is 7.97. The van der Waals surface area contributed by atoms with E-state index in [9.17, 15) is 25.2 Å². The number of carbonyl (C=O) groups excluding carboxylic acids is 1. The molecule has 0 radical (unpaired) electrons. The predicted molar refractivity (Wildman–Crippen MR) is 148 cm³/mol. The number of hydrogen-bond donors (Lipinski definition) is 4. The number of carbonyl (C=O) groups is 1. The van der Waals surface area contributed by atoms with E-state index in [0.717, 1.165) is 30.4 Å². The summed E-state index contributed by atoms with van der Waals surface area (Å²) >= 11 is 0. The van der Waals surface area contributed by atoms with E-state index < -0.39 is 49.2 Å². The lowest BCUT2D eigenvalue weighted by Crippen LogP contribution is -2.59. The molecule has 222 valence electrons. The molecule has 1 fully saturated rings. The van der Waals surface area contributed by atoms with Gasteiger partial charge < -0.3 is 39.4 Å². The molecule has 0 bridgehead atoms. The van der Waals surface area contributed by atoms with Crippen LogP contribution in [0.15, 0.2) is 58.2 Å². The second kappa shape index (κ2) is 12.9. The normalized spacial score (nSPS) is 38.4. The summed E-state index contributed by atoms with van der Waals surface area (Å²) in [4.78, 5) is 12.6. The van der Waals surface area contributed by atoms with Gasteiger partial charge >= 0.3 is 0 Å².